The van der Waals surface area contributed by atoms with E-state index in [2.05, 4.69) is 46.5 Å². The fourth-order valence-electron chi connectivity index (χ4n) is 3.83. The van der Waals surface area contributed by atoms with E-state index in [9.17, 15) is 9.59 Å². The molecule has 2 aromatic heterocycles. The van der Waals surface area contributed by atoms with Crippen LogP contribution >= 0.6 is 11.3 Å². The Labute approximate surface area is 200 Å². The van der Waals surface area contributed by atoms with Gasteiger partial charge in [-0.25, -0.2) is 9.97 Å². The van der Waals surface area contributed by atoms with E-state index in [1.165, 1.54) is 22.5 Å². The molecule has 1 N–H and O–H groups in total. The molecule has 0 atom stereocenters. The van der Waals surface area contributed by atoms with Gasteiger partial charge in [0.05, 0.1) is 16.6 Å². The van der Waals surface area contributed by atoms with Crippen molar-refractivity contribution in [2.45, 2.75) is 20.3 Å². The lowest BCUT2D eigenvalue weighted by atomic mass is 10.1. The van der Waals surface area contributed by atoms with Crippen molar-refractivity contribution in [2.24, 2.45) is 0 Å². The van der Waals surface area contributed by atoms with Gasteiger partial charge >= 0.3 is 0 Å². The third-order valence-corrected chi connectivity index (χ3v) is 6.52. The van der Waals surface area contributed by atoms with E-state index in [1.54, 1.807) is 48.0 Å². The van der Waals surface area contributed by atoms with Crippen molar-refractivity contribution in [1.29, 1.82) is 0 Å². The Bertz CT molecular complexity index is 1550. The molecule has 0 saturated heterocycles. The van der Waals surface area contributed by atoms with Crippen molar-refractivity contribution in [3.63, 3.8) is 0 Å². The summed E-state index contributed by atoms with van der Waals surface area (Å²) in [6, 6.07) is 22.6. The summed E-state index contributed by atoms with van der Waals surface area (Å²) >= 11 is 1.46. The van der Waals surface area contributed by atoms with Crippen LogP contribution in [-0.2, 0) is 6.42 Å². The van der Waals surface area contributed by atoms with Crippen molar-refractivity contribution < 1.29 is 4.79 Å². The van der Waals surface area contributed by atoms with Crippen LogP contribution in [0.2, 0.25) is 0 Å². The minimum atomic E-state index is -0.247. The van der Waals surface area contributed by atoms with Crippen molar-refractivity contribution >= 4 is 33.3 Å². The highest BCUT2D eigenvalue weighted by molar-refractivity contribution is 7.15. The van der Waals surface area contributed by atoms with Crippen LogP contribution in [-0.4, -0.2) is 20.4 Å². The number of para-hydroxylation sites is 1. The quantitative estimate of drug-likeness (QED) is 0.381. The normalized spacial score (nSPS) is 11.0. The summed E-state index contributed by atoms with van der Waals surface area (Å²) in [6.07, 6.45) is 2.57. The summed E-state index contributed by atoms with van der Waals surface area (Å²) in [5.41, 5.74) is 4.11. The largest absolute Gasteiger partial charge is 0.298 e. The highest BCUT2D eigenvalue weighted by atomic mass is 32.1. The highest BCUT2D eigenvalue weighted by Gasteiger charge is 2.13. The van der Waals surface area contributed by atoms with Crippen molar-refractivity contribution in [3.05, 3.63) is 117 Å². The van der Waals surface area contributed by atoms with Crippen molar-refractivity contribution in [3.8, 4) is 5.69 Å². The number of nitrogens with zero attached hydrogens (tertiary/aromatic N) is 3. The second-order valence-corrected chi connectivity index (χ2v) is 9.23. The second kappa shape index (κ2) is 9.03. The Balaban J connectivity index is 1.32. The maximum Gasteiger partial charge on any atom is 0.265 e. The average molecular weight is 467 g/mol. The number of hydrogen-bond donors (Lipinski definition) is 1. The first kappa shape index (κ1) is 21.7. The minimum absolute atomic E-state index is 0.135. The molecule has 0 unspecified atom stereocenters. The molecule has 0 aliphatic rings. The maximum absolute atomic E-state index is 13.0. The van der Waals surface area contributed by atoms with Crippen LogP contribution in [0.1, 0.15) is 32.2 Å². The third-order valence-electron chi connectivity index (χ3n) is 5.60. The molecule has 0 saturated carbocycles. The van der Waals surface area contributed by atoms with Crippen LogP contribution in [0.4, 0.5) is 5.13 Å². The predicted molar refractivity (Wildman–Crippen MR) is 136 cm³/mol. The summed E-state index contributed by atoms with van der Waals surface area (Å²) in [7, 11) is 0. The number of anilines is 1. The number of nitrogens with one attached hydrogen (secondary N) is 1. The number of amides is 1. The molecular formula is C27H22N4O2S. The van der Waals surface area contributed by atoms with E-state index in [1.807, 2.05) is 18.2 Å². The Morgan fingerprint density at radius 3 is 2.47 bits per heavy atom. The molecule has 0 aliphatic heterocycles. The zero-order valence-corrected chi connectivity index (χ0v) is 19.6. The van der Waals surface area contributed by atoms with Crippen LogP contribution in [0.5, 0.6) is 0 Å². The molecule has 0 bridgehead atoms. The third kappa shape index (κ3) is 4.38. The van der Waals surface area contributed by atoms with Crippen LogP contribution in [0, 0.1) is 13.8 Å². The smallest absolute Gasteiger partial charge is 0.265 e. The van der Waals surface area contributed by atoms with Crippen LogP contribution in [0.3, 0.4) is 0 Å². The van der Waals surface area contributed by atoms with Crippen LogP contribution in [0.15, 0.2) is 83.8 Å². The number of benzene rings is 3. The molecule has 1 amide bonds. The molecular weight excluding hydrogens is 444 g/mol. The van der Waals surface area contributed by atoms with Gasteiger partial charge in [-0.3, -0.25) is 19.5 Å². The van der Waals surface area contributed by atoms with Gasteiger partial charge < -0.3 is 0 Å². The van der Waals surface area contributed by atoms with E-state index in [-0.39, 0.29) is 11.5 Å². The van der Waals surface area contributed by atoms with E-state index in [0.29, 0.717) is 33.1 Å². The highest BCUT2D eigenvalue weighted by Crippen LogP contribution is 2.22. The summed E-state index contributed by atoms with van der Waals surface area (Å²) in [5, 5.41) is 3.98. The Morgan fingerprint density at radius 1 is 0.971 bits per heavy atom. The Morgan fingerprint density at radius 2 is 1.71 bits per heavy atom. The van der Waals surface area contributed by atoms with Gasteiger partial charge in [0.25, 0.3) is 11.5 Å². The lowest BCUT2D eigenvalue weighted by Crippen LogP contribution is -2.22. The molecule has 5 aromatic rings. The molecule has 7 heteroatoms. The topological polar surface area (TPSA) is 76.9 Å². The lowest BCUT2D eigenvalue weighted by Gasteiger charge is -2.11. The second-order valence-electron chi connectivity index (χ2n) is 8.11. The molecule has 3 aromatic carbocycles. The number of carbonyl (C=O) groups is 1. The first-order valence-electron chi connectivity index (χ1n) is 10.9. The predicted octanol–water partition coefficient (Wildman–Crippen LogP) is 5.30. The fraction of sp³-hybridized carbons (Fsp3) is 0.111. The number of fused-ring (bicyclic) bond motifs is 1. The van der Waals surface area contributed by atoms with Crippen molar-refractivity contribution in [1.82, 2.24) is 14.5 Å². The van der Waals surface area contributed by atoms with Crippen LogP contribution < -0.4 is 10.9 Å². The van der Waals surface area contributed by atoms with E-state index in [4.69, 9.17) is 0 Å². The molecule has 0 aliphatic carbocycles. The molecule has 0 radical (unpaired) electrons. The number of carbonyl (C=O) groups excluding carboxylic acids is 1. The lowest BCUT2D eigenvalue weighted by molar-refractivity contribution is 0.102. The van der Waals surface area contributed by atoms with Gasteiger partial charge in [0.1, 0.15) is 5.82 Å². The van der Waals surface area contributed by atoms with Gasteiger partial charge in [-0.05, 0) is 55.8 Å². The summed E-state index contributed by atoms with van der Waals surface area (Å²) in [4.78, 5) is 35.7. The summed E-state index contributed by atoms with van der Waals surface area (Å²) in [6.45, 7) is 3.86. The number of aromatic nitrogens is 3. The van der Waals surface area contributed by atoms with Gasteiger partial charge in [-0.2, -0.15) is 0 Å². The van der Waals surface area contributed by atoms with Gasteiger partial charge in [0, 0.05) is 23.1 Å². The molecule has 34 heavy (non-hydrogen) atoms. The number of aryl methyl sites for hydroxylation is 2. The van der Waals surface area contributed by atoms with E-state index >= 15 is 0 Å². The molecule has 168 valence electrons. The molecule has 0 spiro atoms. The first-order valence-corrected chi connectivity index (χ1v) is 11.7. The average Bonchev–Trinajstić information content (AvgIpc) is 3.27. The Hall–Kier alpha value is -4.10. The monoisotopic (exact) mass is 466 g/mol. The molecule has 6 nitrogen and oxygen atoms in total. The molecule has 2 heterocycles. The zero-order valence-electron chi connectivity index (χ0n) is 18.8. The minimum Gasteiger partial charge on any atom is -0.298 e. The first-order chi connectivity index (χ1) is 16.5. The van der Waals surface area contributed by atoms with Gasteiger partial charge in [-0.15, -0.1) is 11.3 Å². The molecule has 5 rings (SSSR count). The van der Waals surface area contributed by atoms with Crippen LogP contribution in [0.25, 0.3) is 16.6 Å². The van der Waals surface area contributed by atoms with Gasteiger partial charge in [0.15, 0.2) is 5.13 Å². The molecule has 0 fully saturated rings. The van der Waals surface area contributed by atoms with E-state index < -0.39 is 0 Å². The maximum atomic E-state index is 13.0. The number of thiazole rings is 1. The van der Waals surface area contributed by atoms with Gasteiger partial charge in [-0.1, -0.05) is 42.0 Å². The standard InChI is InChI=1S/C27H22N4O2S/c1-17-7-9-19(10-8-17)15-22-16-28-27(34-22)30-25(32)20-11-13-21(14-12-20)31-18(2)29-24-6-4-3-5-23(24)26(31)33/h3-14,16H,15H2,1-2H3,(H,28,30,32). The Kier molecular flexibility index (Phi) is 5.77. The SMILES string of the molecule is Cc1ccc(Cc2cnc(NC(=O)c3ccc(-n4c(C)nc5ccccc5c4=O)cc3)s2)cc1. The van der Waals surface area contributed by atoms with Crippen molar-refractivity contribution in [2.75, 3.05) is 5.32 Å². The summed E-state index contributed by atoms with van der Waals surface area (Å²) in [5.74, 6) is 0.341. The fourth-order valence-corrected chi connectivity index (χ4v) is 4.67. The zero-order chi connectivity index (χ0) is 23.7. The van der Waals surface area contributed by atoms with Gasteiger partial charge in [0.2, 0.25) is 0 Å². The number of rotatable bonds is 5. The summed E-state index contributed by atoms with van der Waals surface area (Å²) < 4.78 is 1.56. The van der Waals surface area contributed by atoms with E-state index in [0.717, 1.165) is 11.3 Å². The number of hydrogen-bond acceptors (Lipinski definition) is 5.